The van der Waals surface area contributed by atoms with Crippen LogP contribution < -0.4 is 18.9 Å². The zero-order valence-electron chi connectivity index (χ0n) is 17.6. The maximum Gasteiger partial charge on any atom is 0.161 e. The zero-order chi connectivity index (χ0) is 21.7. The van der Waals surface area contributed by atoms with Gasteiger partial charge >= 0.3 is 0 Å². The summed E-state index contributed by atoms with van der Waals surface area (Å²) in [4.78, 5) is -1.18. The highest BCUT2D eigenvalue weighted by Gasteiger charge is 2.38. The van der Waals surface area contributed by atoms with Gasteiger partial charge in [-0.1, -0.05) is 12.1 Å². The van der Waals surface area contributed by atoms with Crippen molar-refractivity contribution in [3.8, 4) is 23.0 Å². The van der Waals surface area contributed by atoms with Crippen LogP contribution in [0, 0.1) is 5.41 Å². The van der Waals surface area contributed by atoms with E-state index in [1.165, 1.54) is 23.5 Å². The molecule has 1 saturated heterocycles. The fraction of sp³-hybridized carbons (Fsp3) is 0.409. The number of benzene rings is 2. The number of hydrogen-bond donors (Lipinski definition) is 2. The van der Waals surface area contributed by atoms with E-state index in [0.717, 1.165) is 22.6 Å². The number of hydrogen-bond acceptors (Lipinski definition) is 8. The summed E-state index contributed by atoms with van der Waals surface area (Å²) in [6.45, 7) is 0. The molecule has 0 unspecified atom stereocenters. The van der Waals surface area contributed by atoms with Crippen LogP contribution in [0.4, 0.5) is 0 Å². The fourth-order valence-corrected chi connectivity index (χ4v) is 5.73. The van der Waals surface area contributed by atoms with E-state index in [9.17, 15) is 5.11 Å². The van der Waals surface area contributed by atoms with Gasteiger partial charge in [0.05, 0.1) is 33.5 Å². The summed E-state index contributed by atoms with van der Waals surface area (Å²) in [7, 11) is 6.35. The normalized spacial score (nSPS) is 22.0. The predicted molar refractivity (Wildman–Crippen MR) is 123 cm³/mol. The number of aliphatic hydroxyl groups is 1. The van der Waals surface area contributed by atoms with Gasteiger partial charge in [0.1, 0.15) is 4.93 Å². The Labute approximate surface area is 185 Å². The van der Waals surface area contributed by atoms with E-state index in [4.69, 9.17) is 24.4 Å². The summed E-state index contributed by atoms with van der Waals surface area (Å²) in [5.74, 6) is 3.63. The number of methoxy groups -OCH3 is 4. The van der Waals surface area contributed by atoms with Gasteiger partial charge in [-0.3, -0.25) is 5.41 Å². The lowest BCUT2D eigenvalue weighted by molar-refractivity contribution is 0.124. The SMILES string of the molecule is COc1ccc([C@@H]2C[C@@](O)(c3ccc(OC)c(OC)c3)SCCSC2=N)cc1OC. The van der Waals surface area contributed by atoms with Gasteiger partial charge in [-0.15, -0.1) is 23.5 Å². The molecule has 30 heavy (non-hydrogen) atoms. The van der Waals surface area contributed by atoms with Crippen LogP contribution >= 0.6 is 23.5 Å². The van der Waals surface area contributed by atoms with Gasteiger partial charge < -0.3 is 24.1 Å². The van der Waals surface area contributed by atoms with Crippen LogP contribution in [-0.4, -0.2) is 50.1 Å². The maximum absolute atomic E-state index is 11.7. The summed E-state index contributed by atoms with van der Waals surface area (Å²) in [6.07, 6.45) is 0.356. The lowest BCUT2D eigenvalue weighted by atomic mass is 9.90. The molecule has 1 fully saturated rings. The van der Waals surface area contributed by atoms with Crippen molar-refractivity contribution in [2.75, 3.05) is 39.9 Å². The second kappa shape index (κ2) is 9.85. The molecule has 0 saturated carbocycles. The third-order valence-corrected chi connectivity index (χ3v) is 7.67. The summed E-state index contributed by atoms with van der Waals surface area (Å²) >= 11 is 3.01. The molecule has 2 aromatic rings. The highest BCUT2D eigenvalue weighted by Crippen LogP contribution is 2.48. The van der Waals surface area contributed by atoms with E-state index in [-0.39, 0.29) is 5.92 Å². The highest BCUT2D eigenvalue weighted by molar-refractivity contribution is 8.14. The Kier molecular flexibility index (Phi) is 7.44. The number of thioether (sulfide) groups is 2. The van der Waals surface area contributed by atoms with Crippen LogP contribution in [0.1, 0.15) is 23.5 Å². The molecule has 2 N–H and O–H groups in total. The molecule has 8 heteroatoms. The monoisotopic (exact) mass is 449 g/mol. The van der Waals surface area contributed by atoms with Crippen LogP contribution in [0.3, 0.4) is 0 Å². The molecule has 3 rings (SSSR count). The molecule has 0 amide bonds. The van der Waals surface area contributed by atoms with Gasteiger partial charge in [-0.25, -0.2) is 0 Å². The van der Waals surface area contributed by atoms with Gasteiger partial charge in [0.15, 0.2) is 23.0 Å². The second-order valence-corrected chi connectivity index (χ2v) is 9.30. The minimum absolute atomic E-state index is 0.277. The van der Waals surface area contributed by atoms with Crippen molar-refractivity contribution in [2.24, 2.45) is 0 Å². The summed E-state index contributed by atoms with van der Waals surface area (Å²) < 4.78 is 21.6. The molecule has 0 radical (unpaired) electrons. The van der Waals surface area contributed by atoms with Crippen LogP contribution in [0.15, 0.2) is 36.4 Å². The van der Waals surface area contributed by atoms with E-state index in [2.05, 4.69) is 0 Å². The van der Waals surface area contributed by atoms with E-state index < -0.39 is 4.93 Å². The molecule has 0 spiro atoms. The molecule has 0 bridgehead atoms. The average Bonchev–Trinajstić information content (AvgIpc) is 2.78. The van der Waals surface area contributed by atoms with Gasteiger partial charge in [0.2, 0.25) is 0 Å². The van der Waals surface area contributed by atoms with Crippen LogP contribution in [0.25, 0.3) is 0 Å². The summed E-state index contributed by atoms with van der Waals surface area (Å²) in [5, 5.41) is 20.9. The lowest BCUT2D eigenvalue weighted by Crippen LogP contribution is -2.29. The van der Waals surface area contributed by atoms with E-state index in [1.54, 1.807) is 34.5 Å². The van der Waals surface area contributed by atoms with Crippen molar-refractivity contribution in [3.05, 3.63) is 47.5 Å². The Balaban J connectivity index is 2.01. The smallest absolute Gasteiger partial charge is 0.161 e. The summed E-state index contributed by atoms with van der Waals surface area (Å²) in [5.41, 5.74) is 1.64. The van der Waals surface area contributed by atoms with Crippen molar-refractivity contribution in [1.82, 2.24) is 0 Å². The van der Waals surface area contributed by atoms with Crippen LogP contribution in [0.2, 0.25) is 0 Å². The van der Waals surface area contributed by atoms with Gasteiger partial charge in [0.25, 0.3) is 0 Å². The minimum Gasteiger partial charge on any atom is -0.493 e. The minimum atomic E-state index is -1.18. The van der Waals surface area contributed by atoms with Crippen LogP contribution in [-0.2, 0) is 4.93 Å². The van der Waals surface area contributed by atoms with Crippen molar-refractivity contribution in [3.63, 3.8) is 0 Å². The highest BCUT2D eigenvalue weighted by atomic mass is 32.2. The predicted octanol–water partition coefficient (Wildman–Crippen LogP) is 4.50. The van der Waals surface area contributed by atoms with Gasteiger partial charge in [0, 0.05) is 23.8 Å². The molecule has 1 aliphatic rings. The number of ether oxygens (including phenoxy) is 4. The first-order chi connectivity index (χ1) is 14.5. The Morgan fingerprint density at radius 1 is 0.867 bits per heavy atom. The number of rotatable bonds is 6. The number of nitrogens with one attached hydrogen (secondary N) is 1. The first kappa shape index (κ1) is 22.7. The molecule has 0 aromatic heterocycles. The van der Waals surface area contributed by atoms with Gasteiger partial charge in [-0.05, 0) is 35.4 Å². The van der Waals surface area contributed by atoms with Crippen molar-refractivity contribution in [2.45, 2.75) is 17.3 Å². The topological polar surface area (TPSA) is 81.0 Å². The molecule has 1 heterocycles. The molecule has 2 atom stereocenters. The quantitative estimate of drug-likeness (QED) is 0.672. The molecule has 2 aromatic carbocycles. The molecule has 1 aliphatic heterocycles. The molecular formula is C22H27NO5S2. The first-order valence-electron chi connectivity index (χ1n) is 9.47. The Hall–Kier alpha value is -2.03. The third kappa shape index (κ3) is 4.66. The Morgan fingerprint density at radius 3 is 2.10 bits per heavy atom. The average molecular weight is 450 g/mol. The Bertz CT molecular complexity index is 907. The largest absolute Gasteiger partial charge is 0.493 e. The van der Waals surface area contributed by atoms with E-state index >= 15 is 0 Å². The van der Waals surface area contributed by atoms with Crippen molar-refractivity contribution in [1.29, 1.82) is 5.41 Å². The molecular weight excluding hydrogens is 422 g/mol. The lowest BCUT2D eigenvalue weighted by Gasteiger charge is -2.34. The Morgan fingerprint density at radius 2 is 1.47 bits per heavy atom. The third-order valence-electron chi connectivity index (χ3n) is 5.12. The standard InChI is InChI=1S/C22H27NO5S2/c1-25-17-7-5-14(11-19(17)27-3)16-13-22(24,30-10-9-29-21(16)23)15-6-8-18(26-2)20(12-15)28-4/h5-8,11-12,16,23-24H,9-10,13H2,1-4H3/t16-,22-/m0/s1. The molecule has 6 nitrogen and oxygen atoms in total. The van der Waals surface area contributed by atoms with Crippen LogP contribution in [0.5, 0.6) is 23.0 Å². The molecule has 0 aliphatic carbocycles. The maximum atomic E-state index is 11.7. The van der Waals surface area contributed by atoms with Gasteiger partial charge in [-0.2, -0.15) is 0 Å². The van der Waals surface area contributed by atoms with Crippen molar-refractivity contribution >= 4 is 28.6 Å². The van der Waals surface area contributed by atoms with E-state index in [1.807, 2.05) is 30.3 Å². The first-order valence-corrected chi connectivity index (χ1v) is 11.4. The van der Waals surface area contributed by atoms with E-state index in [0.29, 0.717) is 34.5 Å². The zero-order valence-corrected chi connectivity index (χ0v) is 19.2. The van der Waals surface area contributed by atoms with Crippen molar-refractivity contribution < 1.29 is 24.1 Å². The molecule has 162 valence electrons. The fourth-order valence-electron chi connectivity index (χ4n) is 3.51. The second-order valence-electron chi connectivity index (χ2n) is 6.79. The summed E-state index contributed by atoms with van der Waals surface area (Å²) in [6, 6.07) is 11.1.